The zero-order chi connectivity index (χ0) is 21.3. The monoisotopic (exact) mass is 409 g/mol. The van der Waals surface area contributed by atoms with Crippen LogP contribution in [0.4, 0.5) is 0 Å². The first-order valence-corrected chi connectivity index (χ1v) is 10.5. The molecule has 0 amide bonds. The summed E-state index contributed by atoms with van der Waals surface area (Å²) in [7, 11) is 0. The van der Waals surface area contributed by atoms with Crippen LogP contribution in [-0.2, 0) is 13.1 Å². The molecule has 1 unspecified atom stereocenters. The van der Waals surface area contributed by atoms with Gasteiger partial charge in [-0.25, -0.2) is 9.98 Å². The van der Waals surface area contributed by atoms with Gasteiger partial charge in [0, 0.05) is 25.0 Å². The van der Waals surface area contributed by atoms with Crippen molar-refractivity contribution in [2.45, 2.75) is 53.3 Å². The number of guanidine groups is 1. The highest BCUT2D eigenvalue weighted by Gasteiger charge is 2.09. The van der Waals surface area contributed by atoms with E-state index in [2.05, 4.69) is 51.6 Å². The lowest BCUT2D eigenvalue weighted by Gasteiger charge is -2.16. The summed E-state index contributed by atoms with van der Waals surface area (Å²) < 4.78 is 7.91. The predicted molar refractivity (Wildman–Crippen MR) is 118 cm³/mol. The van der Waals surface area contributed by atoms with Gasteiger partial charge in [-0.3, -0.25) is 4.40 Å². The van der Waals surface area contributed by atoms with Crippen LogP contribution in [0.5, 0.6) is 5.88 Å². The zero-order valence-electron chi connectivity index (χ0n) is 18.2. The third-order valence-electron chi connectivity index (χ3n) is 4.49. The number of aliphatic imine (C=N–C) groups is 1. The maximum Gasteiger partial charge on any atom is 0.213 e. The van der Waals surface area contributed by atoms with Crippen LogP contribution in [0.25, 0.3) is 5.65 Å². The van der Waals surface area contributed by atoms with Gasteiger partial charge in [-0.05, 0) is 49.9 Å². The maximum absolute atomic E-state index is 5.95. The average molecular weight is 410 g/mol. The minimum absolute atomic E-state index is 0.133. The average Bonchev–Trinajstić information content (AvgIpc) is 3.13. The van der Waals surface area contributed by atoms with E-state index < -0.39 is 0 Å². The van der Waals surface area contributed by atoms with Crippen LogP contribution in [0.15, 0.2) is 47.7 Å². The highest BCUT2D eigenvalue weighted by Crippen LogP contribution is 2.15. The maximum atomic E-state index is 5.95. The summed E-state index contributed by atoms with van der Waals surface area (Å²) in [5.41, 5.74) is 1.87. The molecule has 0 aliphatic heterocycles. The molecule has 3 heterocycles. The summed E-state index contributed by atoms with van der Waals surface area (Å²) >= 11 is 0. The van der Waals surface area contributed by atoms with Crippen LogP contribution in [0.1, 0.15) is 45.5 Å². The number of aromatic nitrogens is 4. The Morgan fingerprint density at radius 3 is 2.83 bits per heavy atom. The molecule has 3 aromatic rings. The van der Waals surface area contributed by atoms with Crippen molar-refractivity contribution in [3.63, 3.8) is 0 Å². The lowest BCUT2D eigenvalue weighted by atomic mass is 10.1. The van der Waals surface area contributed by atoms with E-state index in [-0.39, 0.29) is 6.10 Å². The fourth-order valence-corrected chi connectivity index (χ4v) is 3.22. The second-order valence-corrected chi connectivity index (χ2v) is 7.65. The van der Waals surface area contributed by atoms with Crippen molar-refractivity contribution in [3.8, 4) is 5.88 Å². The van der Waals surface area contributed by atoms with Gasteiger partial charge in [0.2, 0.25) is 5.88 Å². The van der Waals surface area contributed by atoms with Crippen LogP contribution in [0.3, 0.4) is 0 Å². The molecular formula is C22H31N7O. The first kappa shape index (κ1) is 21.5. The molecule has 2 N–H and O–H groups in total. The quantitative estimate of drug-likeness (QED) is 0.417. The first-order chi connectivity index (χ1) is 14.5. The fourth-order valence-electron chi connectivity index (χ4n) is 3.22. The third-order valence-corrected chi connectivity index (χ3v) is 4.49. The van der Waals surface area contributed by atoms with Crippen LogP contribution >= 0.6 is 0 Å². The molecule has 0 fully saturated rings. The van der Waals surface area contributed by atoms with Gasteiger partial charge in [0.05, 0.1) is 19.2 Å². The number of nitrogens with zero attached hydrogens (tertiary/aromatic N) is 5. The molecule has 8 heteroatoms. The van der Waals surface area contributed by atoms with Gasteiger partial charge in [0.25, 0.3) is 0 Å². The molecule has 160 valence electrons. The van der Waals surface area contributed by atoms with Gasteiger partial charge >= 0.3 is 0 Å². The van der Waals surface area contributed by atoms with Gasteiger partial charge in [-0.2, -0.15) is 0 Å². The van der Waals surface area contributed by atoms with Gasteiger partial charge < -0.3 is 15.4 Å². The molecule has 0 saturated heterocycles. The summed E-state index contributed by atoms with van der Waals surface area (Å²) in [5.74, 6) is 2.78. The molecule has 0 radical (unpaired) electrons. The van der Waals surface area contributed by atoms with E-state index in [1.165, 1.54) is 0 Å². The summed E-state index contributed by atoms with van der Waals surface area (Å²) in [6, 6.07) is 9.75. The van der Waals surface area contributed by atoms with Crippen molar-refractivity contribution in [3.05, 3.63) is 54.1 Å². The lowest BCUT2D eigenvalue weighted by Crippen LogP contribution is -2.37. The van der Waals surface area contributed by atoms with E-state index in [0.29, 0.717) is 24.9 Å². The SMILES string of the molecule is CCNC(=NCc1ccnc(OC(C)CC(C)C)c1)NCc1nnc2ccccn12. The minimum atomic E-state index is 0.133. The molecule has 0 aliphatic carbocycles. The predicted octanol–water partition coefficient (Wildman–Crippen LogP) is 3.19. The van der Waals surface area contributed by atoms with E-state index in [0.717, 1.165) is 36.0 Å². The topological polar surface area (TPSA) is 88.7 Å². The van der Waals surface area contributed by atoms with Gasteiger partial charge in [0.15, 0.2) is 17.4 Å². The Bertz CT molecular complexity index is 967. The Balaban J connectivity index is 1.62. The van der Waals surface area contributed by atoms with E-state index >= 15 is 0 Å². The molecule has 0 bridgehead atoms. The number of rotatable bonds is 9. The second kappa shape index (κ2) is 10.6. The number of pyridine rings is 2. The van der Waals surface area contributed by atoms with Crippen LogP contribution in [0, 0.1) is 5.92 Å². The molecule has 0 spiro atoms. The smallest absolute Gasteiger partial charge is 0.213 e. The Morgan fingerprint density at radius 1 is 1.17 bits per heavy atom. The number of nitrogens with one attached hydrogen (secondary N) is 2. The number of hydrogen-bond acceptors (Lipinski definition) is 5. The lowest BCUT2D eigenvalue weighted by molar-refractivity contribution is 0.185. The fraction of sp³-hybridized carbons (Fsp3) is 0.455. The Kier molecular flexibility index (Phi) is 7.59. The number of hydrogen-bond donors (Lipinski definition) is 2. The van der Waals surface area contributed by atoms with Crippen LogP contribution in [0.2, 0.25) is 0 Å². The number of ether oxygens (including phenoxy) is 1. The van der Waals surface area contributed by atoms with Crippen molar-refractivity contribution in [1.29, 1.82) is 0 Å². The van der Waals surface area contributed by atoms with E-state index in [1.807, 2.05) is 47.9 Å². The highest BCUT2D eigenvalue weighted by atomic mass is 16.5. The highest BCUT2D eigenvalue weighted by molar-refractivity contribution is 5.79. The third kappa shape index (κ3) is 6.17. The normalized spacial score (nSPS) is 12.9. The number of fused-ring (bicyclic) bond motifs is 1. The Labute approximate surface area is 177 Å². The van der Waals surface area contributed by atoms with Crippen molar-refractivity contribution >= 4 is 11.6 Å². The zero-order valence-corrected chi connectivity index (χ0v) is 18.2. The van der Waals surface area contributed by atoms with E-state index in [9.17, 15) is 0 Å². The summed E-state index contributed by atoms with van der Waals surface area (Å²) in [4.78, 5) is 9.01. The van der Waals surface area contributed by atoms with Crippen LogP contribution in [-0.4, -0.2) is 38.2 Å². The molecule has 3 aromatic heterocycles. The van der Waals surface area contributed by atoms with E-state index in [1.54, 1.807) is 6.20 Å². The van der Waals surface area contributed by atoms with E-state index in [4.69, 9.17) is 4.74 Å². The van der Waals surface area contributed by atoms with Gasteiger partial charge in [-0.1, -0.05) is 19.9 Å². The van der Waals surface area contributed by atoms with Crippen LogP contribution < -0.4 is 15.4 Å². The van der Waals surface area contributed by atoms with Crippen molar-refractivity contribution in [2.75, 3.05) is 6.54 Å². The van der Waals surface area contributed by atoms with Gasteiger partial charge in [-0.15, -0.1) is 10.2 Å². The first-order valence-electron chi connectivity index (χ1n) is 10.5. The Morgan fingerprint density at radius 2 is 2.03 bits per heavy atom. The summed E-state index contributed by atoms with van der Waals surface area (Å²) in [6.45, 7) is 10.3. The molecule has 30 heavy (non-hydrogen) atoms. The van der Waals surface area contributed by atoms with Crippen molar-refractivity contribution in [1.82, 2.24) is 30.2 Å². The standard InChI is InChI=1S/C22H31N7O/c1-5-23-22(26-15-20-28-27-19-8-6-7-11-29(19)20)25-14-18-9-10-24-21(13-18)30-17(4)12-16(2)3/h6-11,13,16-17H,5,12,14-15H2,1-4H3,(H2,23,25,26). The molecule has 0 aliphatic rings. The molecule has 3 rings (SSSR count). The Hall–Kier alpha value is -3.16. The molecule has 8 nitrogen and oxygen atoms in total. The van der Waals surface area contributed by atoms with Gasteiger partial charge in [0.1, 0.15) is 0 Å². The molecular weight excluding hydrogens is 378 g/mol. The minimum Gasteiger partial charge on any atom is -0.475 e. The second-order valence-electron chi connectivity index (χ2n) is 7.65. The molecule has 0 saturated carbocycles. The summed E-state index contributed by atoms with van der Waals surface area (Å²) in [6.07, 6.45) is 4.85. The molecule has 0 aromatic carbocycles. The largest absolute Gasteiger partial charge is 0.475 e. The summed E-state index contributed by atoms with van der Waals surface area (Å²) in [5, 5.41) is 15.0. The molecule has 1 atom stereocenters. The van der Waals surface area contributed by atoms with Crippen molar-refractivity contribution < 1.29 is 4.74 Å². The van der Waals surface area contributed by atoms with Crippen molar-refractivity contribution in [2.24, 2.45) is 10.9 Å².